The van der Waals surface area contributed by atoms with Gasteiger partial charge in [-0.15, -0.1) is 0 Å². The van der Waals surface area contributed by atoms with Gasteiger partial charge in [0.2, 0.25) is 0 Å². The van der Waals surface area contributed by atoms with Gasteiger partial charge in [-0.25, -0.2) is 0 Å². The lowest BCUT2D eigenvalue weighted by atomic mass is 10.2. The molecule has 1 N–H and O–H groups in total. The Morgan fingerprint density at radius 3 is 2.28 bits per heavy atom. The van der Waals surface area contributed by atoms with Gasteiger partial charge >= 0.3 is 0 Å². The molecule has 0 amide bonds. The second-order valence-electron chi connectivity index (χ2n) is 5.60. The molecule has 0 saturated heterocycles. The first-order valence-electron chi connectivity index (χ1n) is 7.96. The van der Waals surface area contributed by atoms with Crippen LogP contribution in [0.4, 0.5) is 0 Å². The molecule has 5 heteroatoms. The smallest absolute Gasteiger partial charge is 0.120 e. The van der Waals surface area contributed by atoms with E-state index < -0.39 is 0 Å². The summed E-state index contributed by atoms with van der Waals surface area (Å²) in [5.74, 6) is 0.791. The number of nitrogens with one attached hydrogen (secondary N) is 1. The highest BCUT2D eigenvalue weighted by atomic mass is 35.5. The number of nitrogens with zero attached hydrogens (tertiary/aromatic N) is 1. The fourth-order valence-corrected chi connectivity index (χ4v) is 2.93. The molecule has 128 valence electrons. The third kappa shape index (κ3) is 5.20. The highest BCUT2D eigenvalue weighted by Crippen LogP contribution is 2.26. The van der Waals surface area contributed by atoms with Crippen LogP contribution >= 0.6 is 23.2 Å². The average Bonchev–Trinajstić information content (AvgIpc) is 2.63. The van der Waals surface area contributed by atoms with Gasteiger partial charge in [-0.1, -0.05) is 41.4 Å². The molecule has 0 saturated carbocycles. The van der Waals surface area contributed by atoms with Gasteiger partial charge < -0.3 is 10.1 Å². The molecule has 1 aromatic heterocycles. The van der Waals surface area contributed by atoms with E-state index in [4.69, 9.17) is 27.9 Å². The van der Waals surface area contributed by atoms with Crippen LogP contribution in [0.25, 0.3) is 0 Å². The van der Waals surface area contributed by atoms with Gasteiger partial charge in [0.25, 0.3) is 0 Å². The summed E-state index contributed by atoms with van der Waals surface area (Å²) in [6.45, 7) is 1.89. The van der Waals surface area contributed by atoms with Crippen molar-refractivity contribution in [2.75, 3.05) is 0 Å². The number of benzene rings is 2. The summed E-state index contributed by atoms with van der Waals surface area (Å²) in [5, 5.41) is 4.64. The SMILES string of the molecule is Clc1cccc(Cl)c1COc1cccc(CNCc2ccncc2)c1. The van der Waals surface area contributed by atoms with E-state index in [0.717, 1.165) is 30.0 Å². The third-order valence-corrected chi connectivity index (χ3v) is 4.46. The summed E-state index contributed by atoms with van der Waals surface area (Å²) >= 11 is 12.3. The van der Waals surface area contributed by atoms with Gasteiger partial charge in [0, 0.05) is 41.1 Å². The Morgan fingerprint density at radius 2 is 1.52 bits per heavy atom. The molecule has 3 aromatic rings. The fourth-order valence-electron chi connectivity index (χ4n) is 2.42. The molecule has 0 atom stereocenters. The topological polar surface area (TPSA) is 34.1 Å². The van der Waals surface area contributed by atoms with Crippen molar-refractivity contribution >= 4 is 23.2 Å². The molecule has 0 radical (unpaired) electrons. The standard InChI is InChI=1S/C20H18Cl2N2O/c21-19-5-2-6-20(22)18(19)14-25-17-4-1-3-16(11-17)13-24-12-15-7-9-23-10-8-15/h1-11,24H,12-14H2. The number of pyridine rings is 1. The van der Waals surface area contributed by atoms with Crippen molar-refractivity contribution in [1.82, 2.24) is 10.3 Å². The van der Waals surface area contributed by atoms with Crippen LogP contribution in [0.5, 0.6) is 5.75 Å². The van der Waals surface area contributed by atoms with Gasteiger partial charge in [-0.3, -0.25) is 4.98 Å². The predicted octanol–water partition coefficient (Wildman–Crippen LogP) is 5.26. The van der Waals surface area contributed by atoms with E-state index in [-0.39, 0.29) is 0 Å². The molecule has 25 heavy (non-hydrogen) atoms. The van der Waals surface area contributed by atoms with Crippen molar-refractivity contribution in [3.8, 4) is 5.75 Å². The van der Waals surface area contributed by atoms with E-state index in [1.54, 1.807) is 12.4 Å². The maximum absolute atomic E-state index is 6.17. The van der Waals surface area contributed by atoms with Gasteiger partial charge in [0.1, 0.15) is 12.4 Å². The Labute approximate surface area is 157 Å². The minimum Gasteiger partial charge on any atom is -0.489 e. The van der Waals surface area contributed by atoms with Crippen LogP contribution in [0.1, 0.15) is 16.7 Å². The summed E-state index contributed by atoms with van der Waals surface area (Å²) in [6, 6.07) is 17.4. The second-order valence-corrected chi connectivity index (χ2v) is 6.41. The molecule has 0 aliphatic heterocycles. The van der Waals surface area contributed by atoms with Crippen molar-refractivity contribution in [1.29, 1.82) is 0 Å². The fraction of sp³-hybridized carbons (Fsp3) is 0.150. The van der Waals surface area contributed by atoms with Crippen LogP contribution in [-0.2, 0) is 19.7 Å². The summed E-state index contributed by atoms with van der Waals surface area (Å²) in [5.41, 5.74) is 3.15. The molecule has 3 rings (SSSR count). The van der Waals surface area contributed by atoms with Gasteiger partial charge in [0.05, 0.1) is 0 Å². The van der Waals surface area contributed by atoms with Crippen molar-refractivity contribution in [2.45, 2.75) is 19.7 Å². The molecule has 3 nitrogen and oxygen atoms in total. The third-order valence-electron chi connectivity index (χ3n) is 3.75. The lowest BCUT2D eigenvalue weighted by Crippen LogP contribution is -2.12. The summed E-state index contributed by atoms with van der Waals surface area (Å²) < 4.78 is 5.85. The van der Waals surface area contributed by atoms with Crippen LogP contribution in [0.15, 0.2) is 67.0 Å². The molecule has 0 aliphatic rings. The van der Waals surface area contributed by atoms with E-state index >= 15 is 0 Å². The number of halogens is 2. The van der Waals surface area contributed by atoms with Gasteiger partial charge in [-0.2, -0.15) is 0 Å². The zero-order valence-corrected chi connectivity index (χ0v) is 15.1. The minimum atomic E-state index is 0.340. The van der Waals surface area contributed by atoms with E-state index in [1.807, 2.05) is 48.5 Å². The molecular weight excluding hydrogens is 355 g/mol. The van der Waals surface area contributed by atoms with E-state index in [0.29, 0.717) is 16.7 Å². The Balaban J connectivity index is 1.56. The molecule has 0 aliphatic carbocycles. The van der Waals surface area contributed by atoms with Crippen molar-refractivity contribution < 1.29 is 4.74 Å². The Hall–Kier alpha value is -2.07. The van der Waals surface area contributed by atoms with Crippen LogP contribution in [-0.4, -0.2) is 4.98 Å². The quantitative estimate of drug-likeness (QED) is 0.614. The Bertz CT molecular complexity index is 805. The molecule has 0 fully saturated rings. The highest BCUT2D eigenvalue weighted by Gasteiger charge is 2.06. The average molecular weight is 373 g/mol. The Morgan fingerprint density at radius 1 is 0.840 bits per heavy atom. The number of rotatable bonds is 7. The van der Waals surface area contributed by atoms with Gasteiger partial charge in [-0.05, 0) is 47.5 Å². The van der Waals surface area contributed by atoms with E-state index in [1.165, 1.54) is 5.56 Å². The normalized spacial score (nSPS) is 10.6. The number of hydrogen-bond acceptors (Lipinski definition) is 3. The summed E-state index contributed by atoms with van der Waals surface area (Å²) in [4.78, 5) is 4.02. The first-order chi connectivity index (χ1) is 12.2. The van der Waals surface area contributed by atoms with Crippen LogP contribution in [0.2, 0.25) is 10.0 Å². The molecule has 2 aromatic carbocycles. The number of ether oxygens (including phenoxy) is 1. The maximum atomic E-state index is 6.17. The predicted molar refractivity (Wildman–Crippen MR) is 102 cm³/mol. The van der Waals surface area contributed by atoms with Gasteiger partial charge in [0.15, 0.2) is 0 Å². The monoisotopic (exact) mass is 372 g/mol. The molecule has 0 spiro atoms. The zero-order chi connectivity index (χ0) is 17.5. The van der Waals surface area contributed by atoms with Crippen LogP contribution in [0.3, 0.4) is 0 Å². The Kier molecular flexibility index (Phi) is 6.29. The second kappa shape index (κ2) is 8.86. The minimum absolute atomic E-state index is 0.340. The van der Waals surface area contributed by atoms with Crippen molar-refractivity contribution in [2.24, 2.45) is 0 Å². The van der Waals surface area contributed by atoms with Crippen LogP contribution in [0, 0.1) is 0 Å². The van der Waals surface area contributed by atoms with Crippen molar-refractivity contribution in [3.05, 3.63) is 93.7 Å². The van der Waals surface area contributed by atoms with Crippen molar-refractivity contribution in [3.63, 3.8) is 0 Å². The molecular formula is C20H18Cl2N2O. The first-order valence-corrected chi connectivity index (χ1v) is 8.72. The number of aromatic nitrogens is 1. The largest absolute Gasteiger partial charge is 0.489 e. The molecule has 0 bridgehead atoms. The van der Waals surface area contributed by atoms with E-state index in [2.05, 4.69) is 16.4 Å². The van der Waals surface area contributed by atoms with E-state index in [9.17, 15) is 0 Å². The highest BCUT2D eigenvalue weighted by molar-refractivity contribution is 6.35. The molecule has 0 unspecified atom stereocenters. The first kappa shape index (κ1) is 17.7. The number of hydrogen-bond donors (Lipinski definition) is 1. The summed E-state index contributed by atoms with van der Waals surface area (Å²) in [6.07, 6.45) is 3.59. The lowest BCUT2D eigenvalue weighted by molar-refractivity contribution is 0.306. The maximum Gasteiger partial charge on any atom is 0.120 e. The molecule has 1 heterocycles. The summed E-state index contributed by atoms with van der Waals surface area (Å²) in [7, 11) is 0. The lowest BCUT2D eigenvalue weighted by Gasteiger charge is -2.11. The zero-order valence-electron chi connectivity index (χ0n) is 13.6. The van der Waals surface area contributed by atoms with Crippen LogP contribution < -0.4 is 10.1 Å².